The number of rotatable bonds is 1. The summed E-state index contributed by atoms with van der Waals surface area (Å²) in [7, 11) is 0. The van der Waals surface area contributed by atoms with Gasteiger partial charge in [0.1, 0.15) is 0 Å². The van der Waals surface area contributed by atoms with E-state index in [2.05, 4.69) is 4.98 Å². The Morgan fingerprint density at radius 2 is 1.87 bits per heavy atom. The van der Waals surface area contributed by atoms with E-state index >= 15 is 0 Å². The van der Waals surface area contributed by atoms with Gasteiger partial charge >= 0.3 is 0 Å². The molecule has 1 N–H and O–H groups in total. The lowest BCUT2D eigenvalue weighted by molar-refractivity contribution is 1.08. The van der Waals surface area contributed by atoms with Crippen LogP contribution in [0, 0.1) is 0 Å². The summed E-state index contributed by atoms with van der Waals surface area (Å²) in [6, 6.07) is 9.76. The smallest absolute Gasteiger partial charge is 0.251 e. The molecular formula is C13H17NO. The summed E-state index contributed by atoms with van der Waals surface area (Å²) in [5.74, 6) is 0. The highest BCUT2D eigenvalue weighted by atomic mass is 16.1. The fraction of sp³-hybridized carbons (Fsp3) is 0.308. The molecule has 15 heavy (non-hydrogen) atoms. The molecule has 2 aromatic rings. The van der Waals surface area contributed by atoms with Crippen LogP contribution in [-0.2, 0) is 6.42 Å². The van der Waals surface area contributed by atoms with E-state index in [-0.39, 0.29) is 5.56 Å². The predicted octanol–water partition coefficient (Wildman–Crippen LogP) is 3.12. The first-order chi connectivity index (χ1) is 7.31. The largest absolute Gasteiger partial charge is 0.322 e. The van der Waals surface area contributed by atoms with Crippen molar-refractivity contribution in [3.05, 3.63) is 46.2 Å². The molecule has 0 amide bonds. The van der Waals surface area contributed by atoms with Crippen molar-refractivity contribution in [1.82, 2.24) is 4.98 Å². The second-order valence-electron chi connectivity index (χ2n) is 3.06. The van der Waals surface area contributed by atoms with Crippen LogP contribution in [0.15, 0.2) is 35.1 Å². The zero-order chi connectivity index (χ0) is 11.3. The maximum absolute atomic E-state index is 11.4. The van der Waals surface area contributed by atoms with Crippen molar-refractivity contribution in [3.8, 4) is 0 Å². The minimum absolute atomic E-state index is 0.0289. The zero-order valence-corrected chi connectivity index (χ0v) is 9.50. The minimum Gasteiger partial charge on any atom is -0.322 e. The van der Waals surface area contributed by atoms with Gasteiger partial charge in [0.15, 0.2) is 0 Å². The molecular weight excluding hydrogens is 186 g/mol. The van der Waals surface area contributed by atoms with E-state index in [1.165, 1.54) is 0 Å². The molecule has 0 spiro atoms. The van der Waals surface area contributed by atoms with E-state index in [0.29, 0.717) is 0 Å². The van der Waals surface area contributed by atoms with Crippen molar-refractivity contribution in [2.75, 3.05) is 0 Å². The molecule has 80 valence electrons. The summed E-state index contributed by atoms with van der Waals surface area (Å²) in [6.45, 7) is 5.99. The Labute approximate surface area is 90.0 Å². The number of para-hydroxylation sites is 1. The molecule has 2 nitrogen and oxygen atoms in total. The van der Waals surface area contributed by atoms with E-state index in [0.717, 1.165) is 22.9 Å². The molecule has 1 heterocycles. The molecule has 0 bridgehead atoms. The van der Waals surface area contributed by atoms with E-state index < -0.39 is 0 Å². The fourth-order valence-corrected chi connectivity index (χ4v) is 1.46. The van der Waals surface area contributed by atoms with Crippen LogP contribution in [0.3, 0.4) is 0 Å². The van der Waals surface area contributed by atoms with Gasteiger partial charge in [-0.2, -0.15) is 0 Å². The number of H-pyrrole nitrogens is 1. The van der Waals surface area contributed by atoms with Gasteiger partial charge in [-0.25, -0.2) is 0 Å². The summed E-state index contributed by atoms with van der Waals surface area (Å²) < 4.78 is 0. The van der Waals surface area contributed by atoms with E-state index in [9.17, 15) is 4.79 Å². The molecule has 0 aliphatic carbocycles. The Hall–Kier alpha value is -1.57. The van der Waals surface area contributed by atoms with Gasteiger partial charge in [0.2, 0.25) is 0 Å². The summed E-state index contributed by atoms with van der Waals surface area (Å²) >= 11 is 0. The van der Waals surface area contributed by atoms with Crippen molar-refractivity contribution in [2.24, 2.45) is 0 Å². The quantitative estimate of drug-likeness (QED) is 0.759. The first-order valence-electron chi connectivity index (χ1n) is 5.42. The van der Waals surface area contributed by atoms with Gasteiger partial charge in [-0.05, 0) is 23.9 Å². The summed E-state index contributed by atoms with van der Waals surface area (Å²) in [5.41, 5.74) is 1.78. The van der Waals surface area contributed by atoms with Gasteiger partial charge in [-0.3, -0.25) is 4.79 Å². The van der Waals surface area contributed by atoms with Gasteiger partial charge in [0, 0.05) is 11.1 Å². The Bertz CT molecular complexity index is 485. The number of hydrogen-bond donors (Lipinski definition) is 1. The first-order valence-corrected chi connectivity index (χ1v) is 5.42. The van der Waals surface area contributed by atoms with Crippen LogP contribution < -0.4 is 5.56 Å². The Kier molecular flexibility index (Phi) is 4.10. The molecule has 2 rings (SSSR count). The van der Waals surface area contributed by atoms with Gasteiger partial charge in [0.05, 0.1) is 0 Å². The number of aryl methyl sites for hydroxylation is 1. The average molecular weight is 203 g/mol. The van der Waals surface area contributed by atoms with Crippen molar-refractivity contribution < 1.29 is 0 Å². The zero-order valence-electron chi connectivity index (χ0n) is 9.50. The lowest BCUT2D eigenvalue weighted by Gasteiger charge is -1.99. The third kappa shape index (κ3) is 2.46. The molecule has 0 saturated heterocycles. The van der Waals surface area contributed by atoms with E-state index in [4.69, 9.17) is 0 Å². The van der Waals surface area contributed by atoms with Crippen LogP contribution in [0.1, 0.15) is 26.3 Å². The van der Waals surface area contributed by atoms with Gasteiger partial charge in [0.25, 0.3) is 5.56 Å². The molecule has 0 atom stereocenters. The van der Waals surface area contributed by atoms with Gasteiger partial charge in [-0.1, -0.05) is 39.0 Å². The van der Waals surface area contributed by atoms with Crippen molar-refractivity contribution >= 4 is 10.9 Å². The lowest BCUT2D eigenvalue weighted by Crippen LogP contribution is -2.10. The fourth-order valence-electron chi connectivity index (χ4n) is 1.46. The van der Waals surface area contributed by atoms with Crippen molar-refractivity contribution in [3.63, 3.8) is 0 Å². The van der Waals surface area contributed by atoms with Crippen LogP contribution in [0.4, 0.5) is 0 Å². The normalized spacial score (nSPS) is 9.53. The molecule has 0 radical (unpaired) electrons. The van der Waals surface area contributed by atoms with Crippen LogP contribution in [0.5, 0.6) is 0 Å². The number of aromatic nitrogens is 1. The van der Waals surface area contributed by atoms with Crippen LogP contribution in [0.25, 0.3) is 10.9 Å². The number of fused-ring (bicyclic) bond motifs is 1. The first kappa shape index (κ1) is 11.5. The summed E-state index contributed by atoms with van der Waals surface area (Å²) in [5, 5.41) is 1.10. The van der Waals surface area contributed by atoms with E-state index in [1.54, 1.807) is 0 Å². The second kappa shape index (κ2) is 5.35. The minimum atomic E-state index is 0.0289. The summed E-state index contributed by atoms with van der Waals surface area (Å²) in [6.07, 6.45) is 0.778. The Morgan fingerprint density at radius 1 is 1.20 bits per heavy atom. The maximum Gasteiger partial charge on any atom is 0.251 e. The number of pyridine rings is 1. The molecule has 0 aliphatic rings. The van der Waals surface area contributed by atoms with Crippen LogP contribution >= 0.6 is 0 Å². The molecule has 0 aliphatic heterocycles. The monoisotopic (exact) mass is 203 g/mol. The van der Waals surface area contributed by atoms with Crippen molar-refractivity contribution in [2.45, 2.75) is 27.2 Å². The van der Waals surface area contributed by atoms with Crippen LogP contribution in [-0.4, -0.2) is 4.98 Å². The number of aromatic amines is 1. The molecule has 0 fully saturated rings. The van der Waals surface area contributed by atoms with Crippen molar-refractivity contribution in [1.29, 1.82) is 0 Å². The van der Waals surface area contributed by atoms with Crippen LogP contribution in [0.2, 0.25) is 0 Å². The second-order valence-corrected chi connectivity index (χ2v) is 3.06. The van der Waals surface area contributed by atoms with Gasteiger partial charge in [-0.15, -0.1) is 0 Å². The molecule has 0 unspecified atom stereocenters. The highest BCUT2D eigenvalue weighted by molar-refractivity contribution is 5.78. The molecule has 2 heteroatoms. The van der Waals surface area contributed by atoms with Gasteiger partial charge < -0.3 is 4.98 Å². The Morgan fingerprint density at radius 3 is 2.53 bits per heavy atom. The third-order valence-electron chi connectivity index (χ3n) is 2.21. The third-order valence-corrected chi connectivity index (χ3v) is 2.21. The molecule has 1 aromatic heterocycles. The summed E-state index contributed by atoms with van der Waals surface area (Å²) in [4.78, 5) is 14.3. The highest BCUT2D eigenvalue weighted by Crippen LogP contribution is 2.09. The average Bonchev–Trinajstić information content (AvgIpc) is 2.31. The molecule has 1 aromatic carbocycles. The predicted molar refractivity (Wildman–Crippen MR) is 65.3 cm³/mol. The SMILES string of the molecule is CC.CCc1cc2ccccc2[nH]c1=O. The van der Waals surface area contributed by atoms with E-state index in [1.807, 2.05) is 51.1 Å². The lowest BCUT2D eigenvalue weighted by atomic mass is 10.1. The Balaban J connectivity index is 0.000000531. The topological polar surface area (TPSA) is 32.9 Å². The molecule has 0 saturated carbocycles. The number of benzene rings is 1. The highest BCUT2D eigenvalue weighted by Gasteiger charge is 1.98. The standard InChI is InChI=1S/C11H11NO.C2H6/c1-2-8-7-9-5-3-4-6-10(9)12-11(8)13;1-2/h3-7H,2H2,1H3,(H,12,13);1-2H3. The number of hydrogen-bond acceptors (Lipinski definition) is 1. The maximum atomic E-state index is 11.4. The number of nitrogens with one attached hydrogen (secondary N) is 1.